The minimum atomic E-state index is 0.0875. The molecule has 3 rings (SSSR count). The van der Waals surface area contributed by atoms with Gasteiger partial charge in [0, 0.05) is 29.7 Å². The zero-order valence-electron chi connectivity index (χ0n) is 9.52. The fourth-order valence-electron chi connectivity index (χ4n) is 2.31. The molecule has 0 spiro atoms. The number of rotatable bonds is 2. The summed E-state index contributed by atoms with van der Waals surface area (Å²) in [6.45, 7) is 0. The van der Waals surface area contributed by atoms with Gasteiger partial charge in [0.05, 0.1) is 0 Å². The number of ketones is 1. The summed E-state index contributed by atoms with van der Waals surface area (Å²) in [7, 11) is 0. The van der Waals surface area contributed by atoms with Crippen LogP contribution in [0.3, 0.4) is 0 Å². The van der Waals surface area contributed by atoms with E-state index in [2.05, 4.69) is 12.1 Å². The first kappa shape index (κ1) is 10.9. The number of carbonyl (C=O) groups excluding carboxylic acids is 1. The lowest BCUT2D eigenvalue weighted by Gasteiger charge is -2.13. The van der Waals surface area contributed by atoms with E-state index in [0.29, 0.717) is 12.2 Å². The molecule has 17 heavy (non-hydrogen) atoms. The number of carbonyl (C=O) groups is 1. The number of benzene rings is 1. The van der Waals surface area contributed by atoms with Crippen LogP contribution in [0.4, 0.5) is 0 Å². The second-order valence-corrected chi connectivity index (χ2v) is 5.59. The number of thioether (sulfide) groups is 1. The van der Waals surface area contributed by atoms with Gasteiger partial charge >= 0.3 is 0 Å². The summed E-state index contributed by atoms with van der Waals surface area (Å²) in [6.07, 6.45) is 3.35. The third kappa shape index (κ3) is 2.25. The zero-order chi connectivity index (χ0) is 11.7. The highest BCUT2D eigenvalue weighted by atomic mass is 32.2. The summed E-state index contributed by atoms with van der Waals surface area (Å²) < 4.78 is 5.86. The van der Waals surface area contributed by atoms with Crippen LogP contribution in [0.2, 0.25) is 0 Å². The molecule has 3 heteroatoms. The molecule has 1 aliphatic carbocycles. The van der Waals surface area contributed by atoms with Gasteiger partial charge in [-0.15, -0.1) is 0 Å². The van der Waals surface area contributed by atoms with Crippen LogP contribution in [0, 0.1) is 0 Å². The molecule has 1 aliphatic heterocycles. The molecule has 0 aromatic heterocycles. The second kappa shape index (κ2) is 4.57. The van der Waals surface area contributed by atoms with E-state index in [-0.39, 0.29) is 5.44 Å². The molecule has 0 saturated heterocycles. The largest absolute Gasteiger partial charge is 0.483 e. The monoisotopic (exact) mass is 246 g/mol. The molecule has 1 aromatic carbocycles. The van der Waals surface area contributed by atoms with E-state index in [0.717, 1.165) is 30.6 Å². The van der Waals surface area contributed by atoms with Crippen LogP contribution in [0.5, 0.6) is 0 Å². The van der Waals surface area contributed by atoms with Gasteiger partial charge in [-0.25, -0.2) is 0 Å². The molecule has 0 N–H and O–H groups in total. The standard InChI is InChI=1S/C14H14O2S/c15-12-7-4-8-13-11(12)9-14(16-13)17-10-5-2-1-3-6-10/h1-3,5-6,14H,4,7-9H2. The average Bonchev–Trinajstić information content (AvgIpc) is 2.74. The minimum absolute atomic E-state index is 0.0875. The molecule has 0 amide bonds. The minimum Gasteiger partial charge on any atom is -0.483 e. The lowest BCUT2D eigenvalue weighted by atomic mass is 9.96. The second-order valence-electron chi connectivity index (χ2n) is 4.36. The number of hydrogen-bond donors (Lipinski definition) is 0. The molecule has 0 bridgehead atoms. The van der Waals surface area contributed by atoms with Gasteiger partial charge < -0.3 is 4.74 Å². The van der Waals surface area contributed by atoms with Crippen molar-refractivity contribution in [3.05, 3.63) is 41.7 Å². The maximum atomic E-state index is 11.7. The molecule has 0 fully saturated rings. The Morgan fingerprint density at radius 1 is 1.18 bits per heavy atom. The number of allylic oxidation sites excluding steroid dienone is 1. The fraction of sp³-hybridized carbons (Fsp3) is 0.357. The predicted octanol–water partition coefficient (Wildman–Crippen LogP) is 3.53. The lowest BCUT2D eigenvalue weighted by molar-refractivity contribution is -0.116. The van der Waals surface area contributed by atoms with Gasteiger partial charge in [-0.05, 0) is 18.6 Å². The topological polar surface area (TPSA) is 26.3 Å². The first-order valence-electron chi connectivity index (χ1n) is 5.96. The summed E-state index contributed by atoms with van der Waals surface area (Å²) >= 11 is 1.70. The van der Waals surface area contributed by atoms with E-state index >= 15 is 0 Å². The Bertz CT molecular complexity index is 464. The van der Waals surface area contributed by atoms with Crippen molar-refractivity contribution in [2.75, 3.05) is 0 Å². The summed E-state index contributed by atoms with van der Waals surface area (Å²) in [4.78, 5) is 12.9. The molecule has 1 atom stereocenters. The fourth-order valence-corrected chi connectivity index (χ4v) is 3.34. The SMILES string of the molecule is O=C1CCCC2=C1CC(Sc1ccccc1)O2. The van der Waals surface area contributed by atoms with Crippen molar-refractivity contribution in [3.63, 3.8) is 0 Å². The molecular formula is C14H14O2S. The van der Waals surface area contributed by atoms with Gasteiger partial charge in [-0.2, -0.15) is 0 Å². The molecule has 2 aliphatic rings. The van der Waals surface area contributed by atoms with Gasteiger partial charge in [0.25, 0.3) is 0 Å². The van der Waals surface area contributed by atoms with Crippen LogP contribution < -0.4 is 0 Å². The third-order valence-electron chi connectivity index (χ3n) is 3.14. The summed E-state index contributed by atoms with van der Waals surface area (Å²) in [5.41, 5.74) is 1.04. The molecule has 1 heterocycles. The van der Waals surface area contributed by atoms with Crippen LogP contribution in [-0.4, -0.2) is 11.2 Å². The van der Waals surface area contributed by atoms with Crippen LogP contribution >= 0.6 is 11.8 Å². The Kier molecular flexibility index (Phi) is 2.93. The van der Waals surface area contributed by atoms with Crippen LogP contribution in [0.25, 0.3) is 0 Å². The van der Waals surface area contributed by atoms with Crippen molar-refractivity contribution in [1.82, 2.24) is 0 Å². The van der Waals surface area contributed by atoms with Crippen LogP contribution in [0.1, 0.15) is 25.7 Å². The Balaban J connectivity index is 1.69. The van der Waals surface area contributed by atoms with Gasteiger partial charge in [-0.3, -0.25) is 4.79 Å². The molecule has 0 saturated carbocycles. The van der Waals surface area contributed by atoms with Crippen molar-refractivity contribution in [2.45, 2.75) is 36.0 Å². The van der Waals surface area contributed by atoms with Gasteiger partial charge in [-0.1, -0.05) is 30.0 Å². The van der Waals surface area contributed by atoms with Gasteiger partial charge in [0.15, 0.2) is 11.2 Å². The summed E-state index contributed by atoms with van der Waals surface area (Å²) in [6, 6.07) is 10.2. The number of ether oxygens (including phenoxy) is 1. The Labute approximate surface area is 105 Å². The van der Waals surface area contributed by atoms with Crippen LogP contribution in [0.15, 0.2) is 46.6 Å². The zero-order valence-corrected chi connectivity index (χ0v) is 10.3. The Morgan fingerprint density at radius 2 is 2.00 bits per heavy atom. The molecular weight excluding hydrogens is 232 g/mol. The van der Waals surface area contributed by atoms with Crippen molar-refractivity contribution >= 4 is 17.5 Å². The van der Waals surface area contributed by atoms with E-state index in [1.165, 1.54) is 4.90 Å². The highest BCUT2D eigenvalue weighted by Gasteiger charge is 2.32. The van der Waals surface area contributed by atoms with E-state index < -0.39 is 0 Å². The molecule has 2 nitrogen and oxygen atoms in total. The highest BCUT2D eigenvalue weighted by Crippen LogP contribution is 2.40. The van der Waals surface area contributed by atoms with Crippen LogP contribution in [-0.2, 0) is 9.53 Å². The van der Waals surface area contributed by atoms with Crippen molar-refractivity contribution in [3.8, 4) is 0 Å². The van der Waals surface area contributed by atoms with Crippen molar-refractivity contribution in [1.29, 1.82) is 0 Å². The molecule has 1 unspecified atom stereocenters. The number of Topliss-reactive ketones (excluding diaryl/α,β-unsaturated/α-hetero) is 1. The van der Waals surface area contributed by atoms with E-state index in [4.69, 9.17) is 4.74 Å². The first-order valence-corrected chi connectivity index (χ1v) is 6.84. The van der Waals surface area contributed by atoms with E-state index in [1.807, 2.05) is 18.2 Å². The van der Waals surface area contributed by atoms with Gasteiger partial charge in [0.2, 0.25) is 0 Å². The lowest BCUT2D eigenvalue weighted by Crippen LogP contribution is -2.07. The smallest absolute Gasteiger partial charge is 0.162 e. The van der Waals surface area contributed by atoms with Crippen molar-refractivity contribution < 1.29 is 9.53 Å². The molecule has 0 radical (unpaired) electrons. The third-order valence-corrected chi connectivity index (χ3v) is 4.21. The average molecular weight is 246 g/mol. The summed E-state index contributed by atoms with van der Waals surface area (Å²) in [5, 5.41) is 0. The van der Waals surface area contributed by atoms with E-state index in [9.17, 15) is 4.79 Å². The predicted molar refractivity (Wildman–Crippen MR) is 67.7 cm³/mol. The first-order chi connectivity index (χ1) is 8.33. The molecule has 88 valence electrons. The maximum absolute atomic E-state index is 11.7. The van der Waals surface area contributed by atoms with Crippen molar-refractivity contribution in [2.24, 2.45) is 0 Å². The molecule has 1 aromatic rings. The Hall–Kier alpha value is -1.22. The normalized spacial score (nSPS) is 23.5. The summed E-state index contributed by atoms with van der Waals surface area (Å²) in [5.74, 6) is 1.25. The highest BCUT2D eigenvalue weighted by molar-refractivity contribution is 7.99. The Morgan fingerprint density at radius 3 is 2.76 bits per heavy atom. The quantitative estimate of drug-likeness (QED) is 0.798. The van der Waals surface area contributed by atoms with Gasteiger partial charge in [0.1, 0.15) is 5.76 Å². The van der Waals surface area contributed by atoms with E-state index in [1.54, 1.807) is 11.8 Å². The maximum Gasteiger partial charge on any atom is 0.162 e. The number of hydrogen-bond acceptors (Lipinski definition) is 3.